The van der Waals surface area contributed by atoms with E-state index in [1.165, 1.54) is 5.56 Å². The minimum atomic E-state index is 0.188. The molecule has 0 N–H and O–H groups in total. The smallest absolute Gasteiger partial charge is 0.165 e. The molecule has 0 spiro atoms. The summed E-state index contributed by atoms with van der Waals surface area (Å²) in [5.41, 5.74) is 4.02. The third-order valence-corrected chi connectivity index (χ3v) is 4.80. The molecule has 0 radical (unpaired) electrons. The lowest BCUT2D eigenvalue weighted by atomic mass is 10.1. The molecular weight excluding hydrogens is 326 g/mol. The van der Waals surface area contributed by atoms with Crippen LogP contribution in [0.3, 0.4) is 0 Å². The Balaban J connectivity index is 1.54. The summed E-state index contributed by atoms with van der Waals surface area (Å²) in [6, 6.07) is 6.08. The van der Waals surface area contributed by atoms with Gasteiger partial charge < -0.3 is 9.64 Å². The number of aromatic nitrogens is 4. The van der Waals surface area contributed by atoms with Gasteiger partial charge >= 0.3 is 0 Å². The molecule has 0 aliphatic carbocycles. The van der Waals surface area contributed by atoms with Crippen LogP contribution in [0.25, 0.3) is 11.0 Å². The number of piperidine rings is 1. The van der Waals surface area contributed by atoms with E-state index < -0.39 is 0 Å². The molecule has 1 unspecified atom stereocenters. The molecule has 1 aliphatic heterocycles. The van der Waals surface area contributed by atoms with E-state index in [2.05, 4.69) is 37.8 Å². The molecule has 1 saturated heterocycles. The molecule has 4 rings (SSSR count). The van der Waals surface area contributed by atoms with Crippen LogP contribution in [0, 0.1) is 13.8 Å². The molecule has 6 nitrogen and oxygen atoms in total. The highest BCUT2D eigenvalue weighted by atomic mass is 16.5. The van der Waals surface area contributed by atoms with E-state index in [1.54, 1.807) is 12.5 Å². The van der Waals surface area contributed by atoms with Crippen molar-refractivity contribution in [2.45, 2.75) is 39.4 Å². The second kappa shape index (κ2) is 7.33. The average molecular weight is 349 g/mol. The molecule has 134 valence electrons. The molecular formula is C20H23N5O. The molecule has 4 heterocycles. The Bertz CT molecular complexity index is 899. The van der Waals surface area contributed by atoms with E-state index in [-0.39, 0.29) is 6.10 Å². The van der Waals surface area contributed by atoms with Crippen molar-refractivity contribution < 1.29 is 4.74 Å². The predicted octanol–water partition coefficient (Wildman–Crippen LogP) is 3.22. The predicted molar refractivity (Wildman–Crippen MR) is 101 cm³/mol. The van der Waals surface area contributed by atoms with Gasteiger partial charge in [0.2, 0.25) is 0 Å². The molecule has 1 atom stereocenters. The van der Waals surface area contributed by atoms with Crippen LogP contribution >= 0.6 is 0 Å². The Hall–Kier alpha value is -2.60. The van der Waals surface area contributed by atoms with Gasteiger partial charge in [-0.25, -0.2) is 15.0 Å². The van der Waals surface area contributed by atoms with E-state index in [1.807, 2.05) is 25.3 Å². The minimum absolute atomic E-state index is 0.188. The summed E-state index contributed by atoms with van der Waals surface area (Å²) in [5, 5.41) is 1.05. The standard InChI is InChI=1S/C20H23N5O/c1-14-9-15(2)24-19-18(14)20(23-13-22-19)25-8-4-6-17(11-25)26-12-16-5-3-7-21-10-16/h3,5,7,9-10,13,17H,4,6,8,11-12H2,1-2H3. The van der Waals surface area contributed by atoms with Crippen LogP contribution in [-0.2, 0) is 11.3 Å². The van der Waals surface area contributed by atoms with Gasteiger partial charge in [0.25, 0.3) is 0 Å². The first kappa shape index (κ1) is 16.8. The van der Waals surface area contributed by atoms with E-state index in [0.29, 0.717) is 6.61 Å². The van der Waals surface area contributed by atoms with Gasteiger partial charge in [-0.05, 0) is 49.9 Å². The summed E-state index contributed by atoms with van der Waals surface area (Å²) in [4.78, 5) is 20.0. The van der Waals surface area contributed by atoms with Crippen LogP contribution < -0.4 is 4.90 Å². The maximum atomic E-state index is 6.14. The Morgan fingerprint density at radius 2 is 2.19 bits per heavy atom. The summed E-state index contributed by atoms with van der Waals surface area (Å²) in [5.74, 6) is 0.967. The van der Waals surface area contributed by atoms with Crippen LogP contribution in [-0.4, -0.2) is 39.1 Å². The van der Waals surface area contributed by atoms with Crippen molar-refractivity contribution in [3.8, 4) is 0 Å². The normalized spacial score (nSPS) is 17.6. The lowest BCUT2D eigenvalue weighted by Crippen LogP contribution is -2.40. The highest BCUT2D eigenvalue weighted by molar-refractivity contribution is 5.90. The van der Waals surface area contributed by atoms with E-state index >= 15 is 0 Å². The van der Waals surface area contributed by atoms with Crippen LogP contribution in [0.15, 0.2) is 36.9 Å². The van der Waals surface area contributed by atoms with Crippen molar-refractivity contribution in [3.05, 3.63) is 53.7 Å². The first-order chi connectivity index (χ1) is 12.7. The Labute approximate surface area is 153 Å². The topological polar surface area (TPSA) is 64.0 Å². The molecule has 26 heavy (non-hydrogen) atoms. The van der Waals surface area contributed by atoms with Gasteiger partial charge in [-0.3, -0.25) is 4.98 Å². The molecule has 0 amide bonds. The average Bonchev–Trinajstić information content (AvgIpc) is 2.67. The van der Waals surface area contributed by atoms with Gasteiger partial charge in [0.1, 0.15) is 12.1 Å². The fourth-order valence-corrected chi connectivity index (χ4v) is 3.59. The number of hydrogen-bond donors (Lipinski definition) is 0. The molecule has 3 aromatic heterocycles. The zero-order chi connectivity index (χ0) is 17.9. The first-order valence-electron chi connectivity index (χ1n) is 9.05. The number of hydrogen-bond acceptors (Lipinski definition) is 6. The summed E-state index contributed by atoms with van der Waals surface area (Å²) in [7, 11) is 0. The molecule has 0 bridgehead atoms. The van der Waals surface area contributed by atoms with Gasteiger partial charge in [-0.2, -0.15) is 0 Å². The largest absolute Gasteiger partial charge is 0.372 e. The Kier molecular flexibility index (Phi) is 4.75. The third kappa shape index (κ3) is 3.51. The molecule has 1 aliphatic rings. The molecule has 0 saturated carbocycles. The first-order valence-corrected chi connectivity index (χ1v) is 9.05. The second-order valence-electron chi connectivity index (χ2n) is 6.86. The molecule has 1 fully saturated rings. The van der Waals surface area contributed by atoms with Crippen molar-refractivity contribution in [2.75, 3.05) is 18.0 Å². The molecule has 3 aromatic rings. The number of anilines is 1. The van der Waals surface area contributed by atoms with Crippen LogP contribution in [0.4, 0.5) is 5.82 Å². The van der Waals surface area contributed by atoms with Crippen molar-refractivity contribution in [3.63, 3.8) is 0 Å². The number of ether oxygens (including phenoxy) is 1. The van der Waals surface area contributed by atoms with Gasteiger partial charge in [0.05, 0.1) is 18.1 Å². The number of fused-ring (bicyclic) bond motifs is 1. The van der Waals surface area contributed by atoms with Crippen LogP contribution in [0.1, 0.15) is 29.7 Å². The highest BCUT2D eigenvalue weighted by Gasteiger charge is 2.24. The summed E-state index contributed by atoms with van der Waals surface area (Å²) >= 11 is 0. The van der Waals surface area contributed by atoms with Gasteiger partial charge in [0.15, 0.2) is 5.65 Å². The van der Waals surface area contributed by atoms with Crippen molar-refractivity contribution in [1.82, 2.24) is 19.9 Å². The van der Waals surface area contributed by atoms with Crippen molar-refractivity contribution >= 4 is 16.9 Å². The van der Waals surface area contributed by atoms with Gasteiger partial charge in [-0.15, -0.1) is 0 Å². The fourth-order valence-electron chi connectivity index (χ4n) is 3.59. The number of nitrogens with zero attached hydrogens (tertiary/aromatic N) is 5. The number of pyridine rings is 2. The quantitative estimate of drug-likeness (QED) is 0.721. The second-order valence-corrected chi connectivity index (χ2v) is 6.86. The van der Waals surface area contributed by atoms with E-state index in [9.17, 15) is 0 Å². The maximum absolute atomic E-state index is 6.14. The SMILES string of the molecule is Cc1cc(C)c2c(N3CCCC(OCc4cccnc4)C3)ncnc2n1. The van der Waals surface area contributed by atoms with Gasteiger partial charge in [-0.1, -0.05) is 6.07 Å². The highest BCUT2D eigenvalue weighted by Crippen LogP contribution is 2.28. The lowest BCUT2D eigenvalue weighted by Gasteiger charge is -2.34. The Morgan fingerprint density at radius 1 is 1.27 bits per heavy atom. The fraction of sp³-hybridized carbons (Fsp3) is 0.400. The molecule has 6 heteroatoms. The maximum Gasteiger partial charge on any atom is 0.165 e. The number of aryl methyl sites for hydroxylation is 2. The monoisotopic (exact) mass is 349 g/mol. The zero-order valence-electron chi connectivity index (χ0n) is 15.2. The Morgan fingerprint density at radius 3 is 3.04 bits per heavy atom. The van der Waals surface area contributed by atoms with Crippen molar-refractivity contribution in [2.24, 2.45) is 0 Å². The van der Waals surface area contributed by atoms with Gasteiger partial charge in [0, 0.05) is 31.2 Å². The molecule has 0 aromatic carbocycles. The lowest BCUT2D eigenvalue weighted by molar-refractivity contribution is 0.0313. The van der Waals surface area contributed by atoms with E-state index in [4.69, 9.17) is 4.74 Å². The summed E-state index contributed by atoms with van der Waals surface area (Å²) in [6.07, 6.45) is 7.59. The van der Waals surface area contributed by atoms with Crippen LogP contribution in [0.5, 0.6) is 0 Å². The zero-order valence-corrected chi connectivity index (χ0v) is 15.2. The van der Waals surface area contributed by atoms with Crippen LogP contribution in [0.2, 0.25) is 0 Å². The summed E-state index contributed by atoms with van der Waals surface area (Å²) in [6.45, 7) is 6.50. The van der Waals surface area contributed by atoms with E-state index in [0.717, 1.165) is 54.0 Å². The number of rotatable bonds is 4. The summed E-state index contributed by atoms with van der Waals surface area (Å²) < 4.78 is 6.14. The minimum Gasteiger partial charge on any atom is -0.372 e. The third-order valence-electron chi connectivity index (χ3n) is 4.80. The van der Waals surface area contributed by atoms with Crippen molar-refractivity contribution in [1.29, 1.82) is 0 Å².